The number of rotatable bonds is 15. The van der Waals surface area contributed by atoms with E-state index in [2.05, 4.69) is 13.5 Å². The molecule has 1 aromatic rings. The van der Waals surface area contributed by atoms with Gasteiger partial charge in [-0.15, -0.1) is 0 Å². The first-order valence-electron chi connectivity index (χ1n) is 10.6. The maximum absolute atomic E-state index is 12.2. The molecule has 0 aliphatic carbocycles. The smallest absolute Gasteiger partial charge is 0.338 e. The molecule has 0 aromatic heterocycles. The molecule has 156 valence electrons. The zero-order valence-electron chi connectivity index (χ0n) is 17.6. The van der Waals surface area contributed by atoms with Crippen LogP contribution in [0, 0.1) is 0 Å². The van der Waals surface area contributed by atoms with Crippen LogP contribution in [0.25, 0.3) is 0 Å². The first-order chi connectivity index (χ1) is 13.5. The van der Waals surface area contributed by atoms with Crippen LogP contribution in [-0.2, 0) is 9.47 Å². The van der Waals surface area contributed by atoms with Crippen molar-refractivity contribution < 1.29 is 19.1 Å². The monoisotopic (exact) mass is 388 g/mol. The van der Waals surface area contributed by atoms with Gasteiger partial charge >= 0.3 is 11.9 Å². The quantitative estimate of drug-likeness (QED) is 0.195. The second-order valence-electron chi connectivity index (χ2n) is 7.43. The van der Waals surface area contributed by atoms with Crippen molar-refractivity contribution in [1.82, 2.24) is 0 Å². The summed E-state index contributed by atoms with van der Waals surface area (Å²) in [7, 11) is 0. The summed E-state index contributed by atoms with van der Waals surface area (Å²) in [6, 6.07) is 6.45. The van der Waals surface area contributed by atoms with Crippen molar-refractivity contribution in [1.29, 1.82) is 0 Å². The van der Waals surface area contributed by atoms with Crippen LogP contribution < -0.4 is 0 Å². The van der Waals surface area contributed by atoms with Crippen LogP contribution in [0.4, 0.5) is 0 Å². The Morgan fingerprint density at radius 1 is 0.821 bits per heavy atom. The summed E-state index contributed by atoms with van der Waals surface area (Å²) in [4.78, 5) is 24.1. The Labute approximate surface area is 170 Å². The summed E-state index contributed by atoms with van der Waals surface area (Å²) >= 11 is 0. The molecule has 0 atom stereocenters. The molecule has 0 bridgehead atoms. The number of ether oxygens (including phenoxy) is 2. The van der Waals surface area contributed by atoms with E-state index in [0.717, 1.165) is 18.4 Å². The number of unbranched alkanes of at least 4 members (excludes halogenated alkanes) is 9. The van der Waals surface area contributed by atoms with Crippen LogP contribution in [-0.4, -0.2) is 25.2 Å². The summed E-state index contributed by atoms with van der Waals surface area (Å²) in [5.41, 5.74) is 1.48. The van der Waals surface area contributed by atoms with Crippen molar-refractivity contribution in [3.05, 3.63) is 47.5 Å². The zero-order valence-corrected chi connectivity index (χ0v) is 17.6. The SMILES string of the molecule is C=C(C)COC(=O)c1cccc(C(=O)OCCCCCCCCCCCC)c1. The number of benzene rings is 1. The molecular weight excluding hydrogens is 352 g/mol. The predicted molar refractivity (Wildman–Crippen MR) is 114 cm³/mol. The number of hydrogen-bond acceptors (Lipinski definition) is 4. The van der Waals surface area contributed by atoms with Gasteiger partial charge in [0.2, 0.25) is 0 Å². The third kappa shape index (κ3) is 10.9. The van der Waals surface area contributed by atoms with E-state index in [-0.39, 0.29) is 6.61 Å². The normalized spacial score (nSPS) is 10.5. The first-order valence-corrected chi connectivity index (χ1v) is 10.6. The van der Waals surface area contributed by atoms with E-state index in [9.17, 15) is 9.59 Å². The minimum Gasteiger partial charge on any atom is -0.462 e. The van der Waals surface area contributed by atoms with E-state index in [1.807, 2.05) is 0 Å². The highest BCUT2D eigenvalue weighted by Crippen LogP contribution is 2.12. The Morgan fingerprint density at radius 2 is 1.32 bits per heavy atom. The number of carbonyl (C=O) groups is 2. The van der Waals surface area contributed by atoms with Crippen LogP contribution in [0.2, 0.25) is 0 Å². The van der Waals surface area contributed by atoms with Crippen molar-refractivity contribution >= 4 is 11.9 Å². The molecule has 0 unspecified atom stereocenters. The van der Waals surface area contributed by atoms with Crippen LogP contribution in [0.1, 0.15) is 98.8 Å². The summed E-state index contributed by atoms with van der Waals surface area (Å²) in [6.45, 7) is 8.31. The van der Waals surface area contributed by atoms with Gasteiger partial charge in [0.25, 0.3) is 0 Å². The Hall–Kier alpha value is -2.10. The van der Waals surface area contributed by atoms with Crippen LogP contribution in [0.5, 0.6) is 0 Å². The van der Waals surface area contributed by atoms with Gasteiger partial charge < -0.3 is 9.47 Å². The van der Waals surface area contributed by atoms with Gasteiger partial charge in [-0.25, -0.2) is 9.59 Å². The number of hydrogen-bond donors (Lipinski definition) is 0. The van der Waals surface area contributed by atoms with Crippen molar-refractivity contribution in [2.75, 3.05) is 13.2 Å². The second kappa shape index (κ2) is 14.9. The molecular formula is C24H36O4. The van der Waals surface area contributed by atoms with Crippen LogP contribution >= 0.6 is 0 Å². The molecule has 1 rings (SSSR count). The fourth-order valence-electron chi connectivity index (χ4n) is 2.88. The maximum Gasteiger partial charge on any atom is 0.338 e. The Morgan fingerprint density at radius 3 is 1.86 bits per heavy atom. The average molecular weight is 389 g/mol. The minimum atomic E-state index is -0.465. The molecule has 0 saturated carbocycles. The van der Waals surface area contributed by atoms with Gasteiger partial charge in [0.15, 0.2) is 0 Å². The van der Waals surface area contributed by atoms with Gasteiger partial charge in [-0.3, -0.25) is 0 Å². The predicted octanol–water partition coefficient (Wildman–Crippen LogP) is 6.50. The van der Waals surface area contributed by atoms with E-state index >= 15 is 0 Å². The average Bonchev–Trinajstić information content (AvgIpc) is 2.70. The lowest BCUT2D eigenvalue weighted by atomic mass is 10.1. The summed E-state index contributed by atoms with van der Waals surface area (Å²) in [5, 5.41) is 0. The first kappa shape index (κ1) is 23.9. The number of carbonyl (C=O) groups excluding carboxylic acids is 2. The van der Waals surface area contributed by atoms with Gasteiger partial charge in [0, 0.05) is 0 Å². The Kier molecular flexibility index (Phi) is 12.7. The molecule has 0 saturated heterocycles. The Balaban J connectivity index is 2.19. The van der Waals surface area contributed by atoms with E-state index in [0.29, 0.717) is 17.7 Å². The molecule has 4 nitrogen and oxygen atoms in total. The Bertz CT molecular complexity index is 606. The molecule has 0 N–H and O–H groups in total. The van der Waals surface area contributed by atoms with E-state index in [1.54, 1.807) is 25.1 Å². The van der Waals surface area contributed by atoms with Crippen molar-refractivity contribution in [2.45, 2.75) is 78.1 Å². The van der Waals surface area contributed by atoms with Gasteiger partial charge in [-0.1, -0.05) is 77.4 Å². The standard InChI is InChI=1S/C24H36O4/c1-4-5-6-7-8-9-10-11-12-13-17-27-23(25)21-15-14-16-22(18-21)24(26)28-19-20(2)3/h14-16,18H,2,4-13,17,19H2,1,3H3. The fraction of sp³-hybridized carbons (Fsp3) is 0.583. The van der Waals surface area contributed by atoms with E-state index in [1.165, 1.54) is 57.4 Å². The number of esters is 2. The molecule has 0 heterocycles. The van der Waals surface area contributed by atoms with E-state index in [4.69, 9.17) is 9.47 Å². The minimum absolute atomic E-state index is 0.173. The lowest BCUT2D eigenvalue weighted by Gasteiger charge is -2.07. The second-order valence-corrected chi connectivity index (χ2v) is 7.43. The largest absolute Gasteiger partial charge is 0.462 e. The molecule has 0 radical (unpaired) electrons. The highest BCUT2D eigenvalue weighted by atomic mass is 16.5. The third-order valence-electron chi connectivity index (χ3n) is 4.51. The van der Waals surface area contributed by atoms with Gasteiger partial charge in [-0.05, 0) is 37.1 Å². The summed E-state index contributed by atoms with van der Waals surface area (Å²) < 4.78 is 10.4. The fourth-order valence-corrected chi connectivity index (χ4v) is 2.88. The lowest BCUT2D eigenvalue weighted by molar-refractivity contribution is 0.0497. The van der Waals surface area contributed by atoms with E-state index < -0.39 is 11.9 Å². The molecule has 0 spiro atoms. The third-order valence-corrected chi connectivity index (χ3v) is 4.51. The molecule has 0 fully saturated rings. The summed E-state index contributed by atoms with van der Waals surface area (Å²) in [6.07, 6.45) is 12.4. The van der Waals surface area contributed by atoms with Gasteiger partial charge in [0.1, 0.15) is 6.61 Å². The lowest BCUT2D eigenvalue weighted by Crippen LogP contribution is -2.10. The molecule has 0 aliphatic rings. The topological polar surface area (TPSA) is 52.6 Å². The van der Waals surface area contributed by atoms with Crippen molar-refractivity contribution in [3.8, 4) is 0 Å². The maximum atomic E-state index is 12.2. The van der Waals surface area contributed by atoms with Crippen molar-refractivity contribution in [2.24, 2.45) is 0 Å². The summed E-state index contributed by atoms with van der Waals surface area (Å²) in [5.74, 6) is -0.863. The molecule has 0 amide bonds. The van der Waals surface area contributed by atoms with Crippen LogP contribution in [0.3, 0.4) is 0 Å². The van der Waals surface area contributed by atoms with Gasteiger partial charge in [0.05, 0.1) is 17.7 Å². The van der Waals surface area contributed by atoms with Crippen molar-refractivity contribution in [3.63, 3.8) is 0 Å². The molecule has 28 heavy (non-hydrogen) atoms. The zero-order chi connectivity index (χ0) is 20.6. The molecule has 1 aromatic carbocycles. The molecule has 4 heteroatoms. The molecule has 0 aliphatic heterocycles. The van der Waals surface area contributed by atoms with Crippen LogP contribution in [0.15, 0.2) is 36.4 Å². The van der Waals surface area contributed by atoms with Gasteiger partial charge in [-0.2, -0.15) is 0 Å². The highest BCUT2D eigenvalue weighted by molar-refractivity contribution is 5.95. The highest BCUT2D eigenvalue weighted by Gasteiger charge is 2.12.